The second-order valence-electron chi connectivity index (χ2n) is 23.9. The maximum atomic E-state index is 10.1. The number of ether oxygens (including phenoxy) is 1. The maximum absolute atomic E-state index is 10.1. The van der Waals surface area contributed by atoms with Crippen LogP contribution in [0.5, 0.6) is 11.5 Å². The van der Waals surface area contributed by atoms with Crippen molar-refractivity contribution in [2.45, 2.75) is 50.6 Å². The molecule has 3 fully saturated rings. The average molecular weight is 1450 g/mol. The number of benzene rings is 2. The van der Waals surface area contributed by atoms with Crippen LogP contribution in [0.4, 0.5) is 17.5 Å². The predicted octanol–water partition coefficient (Wildman–Crippen LogP) is 5.17. The Morgan fingerprint density at radius 3 is 1.12 bits per heavy atom. The number of aryl methyl sites for hydroxylation is 1. The predicted molar refractivity (Wildman–Crippen MR) is 400 cm³/mol. The van der Waals surface area contributed by atoms with Crippen LogP contribution in [0.15, 0.2) is 169 Å². The molecule has 12 heterocycles. The van der Waals surface area contributed by atoms with Crippen LogP contribution in [0.2, 0.25) is 0 Å². The van der Waals surface area contributed by atoms with Crippen LogP contribution in [0.25, 0.3) is 49.9 Å². The quantitative estimate of drug-likeness (QED) is 0.0614. The molecule has 30 heteroatoms. The van der Waals surface area contributed by atoms with Gasteiger partial charge >= 0.3 is 41.5 Å². The summed E-state index contributed by atoms with van der Waals surface area (Å²) in [6, 6.07) is 41.8. The van der Waals surface area contributed by atoms with Crippen molar-refractivity contribution in [1.82, 2.24) is 58.9 Å². The molecule has 26 nitrogen and oxygen atoms in total. The van der Waals surface area contributed by atoms with Crippen molar-refractivity contribution in [2.24, 2.45) is 0 Å². The Hall–Kier alpha value is -10.2. The number of thioether (sulfide) groups is 2. The van der Waals surface area contributed by atoms with E-state index in [4.69, 9.17) is 9.97 Å². The number of piperazine rings is 3. The number of hydrogen-bond donors (Lipinski definition) is 3. The molecule has 9 aromatic heterocycles. The van der Waals surface area contributed by atoms with Crippen LogP contribution in [0, 0.1) is 40.9 Å². The number of esters is 2. The molecule has 0 unspecified atom stereocenters. The van der Waals surface area contributed by atoms with E-state index in [1.54, 1.807) is 58.8 Å². The summed E-state index contributed by atoms with van der Waals surface area (Å²) in [6.07, 6.45) is 19.3. The average Bonchev–Trinajstić information content (AvgIpc) is 1.60. The summed E-state index contributed by atoms with van der Waals surface area (Å²) in [5, 5.41) is 64.2. The van der Waals surface area contributed by atoms with Crippen molar-refractivity contribution in [3.63, 3.8) is 0 Å². The van der Waals surface area contributed by atoms with Gasteiger partial charge in [0, 0.05) is 173 Å². The first-order chi connectivity index (χ1) is 48.9. The summed E-state index contributed by atoms with van der Waals surface area (Å²) in [6.45, 7) is 19.2. The Morgan fingerprint density at radius 2 is 0.827 bits per heavy atom. The molecule has 0 amide bonds. The molecule has 3 aliphatic heterocycles. The van der Waals surface area contributed by atoms with Crippen molar-refractivity contribution < 1.29 is 69.8 Å². The van der Waals surface area contributed by atoms with Gasteiger partial charge in [-0.3, -0.25) is 19.4 Å². The summed E-state index contributed by atoms with van der Waals surface area (Å²) >= 11 is 3.54. The van der Waals surface area contributed by atoms with Crippen molar-refractivity contribution in [3.05, 3.63) is 192 Å². The molecule has 0 atom stereocenters. The van der Waals surface area contributed by atoms with E-state index < -0.39 is 11.9 Å². The van der Waals surface area contributed by atoms with E-state index in [2.05, 4.69) is 160 Å². The third-order valence-electron chi connectivity index (χ3n) is 16.7. The number of nitrogens with one attached hydrogen (secondary N) is 1. The molecule has 7 N–H and O–H groups in total. The second kappa shape index (κ2) is 38.9. The standard InChI is InChI=1S/C26H26N6S.C25H24N6OS.C17H16N6O.C4H6O3.C2H3BO.Na.2H2O/c1-19-13-24(26-22(14-27)16-29-32(26)17-19)21-5-8-25(28-15-21)31-11-9-30(10-12-31)18-20-3-6-23(33-2)7-4-20;1-33-22-5-2-18(3-6-22)16-29-8-10-30(11-9-29)24-7-4-19(14-27-24)23-12-21(32)17-31-25(23)20(13-26)15-28-31;18-8-13-10-21-23-11-14(24)7-15(17(13)23)12-1-2-16(20-9-12)22-5-3-19-4-6-22;1-3(5)7-4(2)6;1-2(3)4;;;/h3-8,13,15-17H,9-12,18H2,1-2H3;2-7,12,14-15,17,32H,8-11,16H2,1H3;1-2,7,9-11,19,24H,3-6H2;1-2H3;1H3;;2*1H2/q;;;;-1;+1;;. The van der Waals surface area contributed by atoms with Gasteiger partial charge in [-0.2, -0.15) is 31.1 Å². The third-order valence-corrected chi connectivity index (χ3v) is 18.2. The summed E-state index contributed by atoms with van der Waals surface area (Å²) in [5.74, 6) is 1.93. The van der Waals surface area contributed by atoms with E-state index in [1.165, 1.54) is 75.5 Å². The zero-order chi connectivity index (χ0) is 71.5. The number of nitrogens with zero attached hydrogens (tertiary/aromatic N) is 17. The van der Waals surface area contributed by atoms with E-state index in [-0.39, 0.29) is 57.7 Å². The van der Waals surface area contributed by atoms with Crippen LogP contribution >= 0.6 is 23.5 Å². The fourth-order valence-corrected chi connectivity index (χ4v) is 12.7. The number of pyridine rings is 6. The minimum Gasteiger partial charge on any atom is -0.528 e. The second-order valence-corrected chi connectivity index (χ2v) is 25.7. The minimum absolute atomic E-state index is 0. The Bertz CT molecular complexity index is 4590. The van der Waals surface area contributed by atoms with Gasteiger partial charge in [0.05, 0.1) is 64.2 Å². The van der Waals surface area contributed by atoms with Gasteiger partial charge in [0.1, 0.15) is 47.2 Å². The molecule has 2 aromatic carbocycles. The first kappa shape index (κ1) is 81.1. The molecule has 3 saturated heterocycles. The van der Waals surface area contributed by atoms with Gasteiger partial charge in [0.2, 0.25) is 0 Å². The monoisotopic (exact) mass is 1450 g/mol. The zero-order valence-electron chi connectivity index (χ0n) is 58.9. The molecule has 3 radical (unpaired) electrons. The maximum Gasteiger partial charge on any atom is 1.00 e. The molecule has 3 aliphatic rings. The van der Waals surface area contributed by atoms with Gasteiger partial charge < -0.3 is 58.6 Å². The zero-order valence-corrected chi connectivity index (χ0v) is 62.6. The van der Waals surface area contributed by atoms with Crippen LogP contribution < -0.4 is 49.6 Å². The summed E-state index contributed by atoms with van der Waals surface area (Å²) < 4.78 is 8.81. The van der Waals surface area contributed by atoms with Crippen LogP contribution in [-0.4, -0.2) is 191 Å². The molecule has 0 spiro atoms. The first-order valence-corrected chi connectivity index (χ1v) is 35.0. The number of carbonyl (C=O) groups is 3. The topological polar surface area (TPSA) is 354 Å². The van der Waals surface area contributed by atoms with Gasteiger partial charge in [-0.1, -0.05) is 31.2 Å². The van der Waals surface area contributed by atoms with Crippen molar-refractivity contribution in [3.8, 4) is 63.1 Å². The van der Waals surface area contributed by atoms with Crippen molar-refractivity contribution in [1.29, 1.82) is 15.8 Å². The molecular formula is C74H79BN18NaO8S2. The van der Waals surface area contributed by atoms with E-state index in [9.17, 15) is 40.4 Å². The van der Waals surface area contributed by atoms with Crippen molar-refractivity contribution >= 4 is 83.0 Å². The Kier molecular flexibility index (Phi) is 30.3. The molecule has 14 rings (SSSR count). The third kappa shape index (κ3) is 21.2. The van der Waals surface area contributed by atoms with Crippen LogP contribution in [0.1, 0.15) is 54.2 Å². The van der Waals surface area contributed by atoms with Crippen LogP contribution in [-0.2, 0) is 32.2 Å². The number of aromatic hydroxyl groups is 2. The number of fused-ring (bicyclic) bond motifs is 3. The number of anilines is 3. The number of hydrogen-bond acceptors (Lipinski definition) is 23. The summed E-state index contributed by atoms with van der Waals surface area (Å²) in [5.41, 5.74) is 12.3. The number of rotatable bonds is 12. The van der Waals surface area contributed by atoms with Gasteiger partial charge in [-0.15, -0.1) is 29.2 Å². The van der Waals surface area contributed by atoms with E-state index in [0.717, 1.165) is 154 Å². The summed E-state index contributed by atoms with van der Waals surface area (Å²) in [4.78, 5) is 57.3. The Morgan fingerprint density at radius 1 is 0.500 bits per heavy atom. The van der Waals surface area contributed by atoms with Gasteiger partial charge in [-0.05, 0) is 115 Å². The van der Waals surface area contributed by atoms with Gasteiger partial charge in [-0.25, -0.2) is 28.5 Å². The minimum atomic E-state index is -0.562. The summed E-state index contributed by atoms with van der Waals surface area (Å²) in [7, 11) is 4.47. The number of aromatic nitrogens is 9. The van der Waals surface area contributed by atoms with E-state index in [1.807, 2.05) is 43.6 Å². The molecule has 0 aliphatic carbocycles. The SMILES string of the molecule is CC(=O)OC(C)=O.CSc1ccc(CN2CCN(c3ccc(-c4cc(C)cn5ncc(C#N)c45)cn3)CC2)cc1.CSc1ccc(CN2CCN(c3ccc(-c4cc(O)cn5ncc(C#N)c45)cn3)CC2)cc1.N#Cc1cnn2cc(O)cc(-c3ccc(N4CCNCC4)nc3)c12.O.O.[B-]C(C)=O.[Na+]. The molecule has 529 valence electrons. The van der Waals surface area contributed by atoms with E-state index in [0.29, 0.717) is 27.7 Å². The fraction of sp³-hybridized carbons (Fsp3) is 0.270. The number of nitriles is 3. The molecule has 104 heavy (non-hydrogen) atoms. The van der Waals surface area contributed by atoms with Crippen molar-refractivity contribution in [2.75, 3.05) is 106 Å². The molecule has 0 bridgehead atoms. The fourth-order valence-electron chi connectivity index (χ4n) is 11.9. The van der Waals surface area contributed by atoms with Gasteiger partial charge in [0.15, 0.2) is 0 Å². The van der Waals surface area contributed by atoms with E-state index >= 15 is 0 Å². The normalized spacial score (nSPS) is 13.4. The first-order valence-electron chi connectivity index (χ1n) is 32.5. The number of carbonyl (C=O) groups excluding carboxylic acids is 3. The Balaban J connectivity index is 0.000000202. The molecular weight excluding hydrogens is 1370 g/mol. The molecule has 0 saturated carbocycles. The van der Waals surface area contributed by atoms with Gasteiger partial charge in [0.25, 0.3) is 0 Å². The largest absolute Gasteiger partial charge is 1.00 e. The Labute approximate surface area is 634 Å². The van der Waals surface area contributed by atoms with Crippen LogP contribution in [0.3, 0.4) is 0 Å². The smallest absolute Gasteiger partial charge is 0.528 e. The molecule has 11 aromatic rings.